The molecule has 0 spiro atoms. The normalized spacial score (nSPS) is 16.7. The van der Waals surface area contributed by atoms with E-state index in [1.165, 1.54) is 0 Å². The van der Waals surface area contributed by atoms with E-state index >= 15 is 0 Å². The van der Waals surface area contributed by atoms with Crippen LogP contribution in [-0.2, 0) is 0 Å². The van der Waals surface area contributed by atoms with Crippen molar-refractivity contribution in [1.29, 1.82) is 0 Å². The molecule has 1 N–H and O–H groups in total. The molecule has 5 heteroatoms. The fraction of sp³-hybridized carbons (Fsp3) is 0.350. The highest BCUT2D eigenvalue weighted by Gasteiger charge is 2.29. The minimum Gasteiger partial charge on any atom is -0.388 e. The zero-order valence-corrected chi connectivity index (χ0v) is 15.8. The quantitative estimate of drug-likeness (QED) is 0.791. The van der Waals surface area contributed by atoms with Crippen molar-refractivity contribution in [3.8, 4) is 0 Å². The second-order valence-corrected chi connectivity index (χ2v) is 7.62. The van der Waals surface area contributed by atoms with Gasteiger partial charge in [-0.05, 0) is 48.8 Å². The van der Waals surface area contributed by atoms with Gasteiger partial charge in [0.15, 0.2) is 0 Å². The number of carbonyl (C=O) groups excluding carboxylic acids is 1. The minimum absolute atomic E-state index is 0.0199. The molecule has 0 aliphatic carbocycles. The zero-order valence-electron chi connectivity index (χ0n) is 14.2. The van der Waals surface area contributed by atoms with Gasteiger partial charge in [-0.25, -0.2) is 0 Å². The van der Waals surface area contributed by atoms with Crippen LogP contribution in [0.2, 0.25) is 5.02 Å². The summed E-state index contributed by atoms with van der Waals surface area (Å²) in [6, 6.07) is 15.3. The van der Waals surface area contributed by atoms with Gasteiger partial charge < -0.3 is 10.0 Å². The van der Waals surface area contributed by atoms with Crippen molar-refractivity contribution in [3.05, 3.63) is 64.7 Å². The number of likely N-dealkylation sites (tertiary alicyclic amines) is 1. The van der Waals surface area contributed by atoms with Crippen molar-refractivity contribution in [1.82, 2.24) is 4.90 Å². The van der Waals surface area contributed by atoms with E-state index < -0.39 is 6.10 Å². The fourth-order valence-electron chi connectivity index (χ4n) is 3.31. The highest BCUT2D eigenvalue weighted by Crippen LogP contribution is 2.32. The Bertz CT molecular complexity index is 730. The lowest BCUT2D eigenvalue weighted by Crippen LogP contribution is -2.39. The molecule has 1 fully saturated rings. The number of halogens is 1. The van der Waals surface area contributed by atoms with Crippen molar-refractivity contribution in [2.75, 3.05) is 19.3 Å². The van der Waals surface area contributed by atoms with Gasteiger partial charge in [-0.1, -0.05) is 41.9 Å². The van der Waals surface area contributed by atoms with Crippen molar-refractivity contribution >= 4 is 29.3 Å². The van der Waals surface area contributed by atoms with Crippen LogP contribution in [0.1, 0.15) is 34.9 Å². The lowest BCUT2D eigenvalue weighted by atomic mass is 9.87. The maximum Gasteiger partial charge on any atom is 0.255 e. The first kappa shape index (κ1) is 18.3. The second-order valence-electron chi connectivity index (χ2n) is 6.33. The number of piperidine rings is 1. The highest BCUT2D eigenvalue weighted by molar-refractivity contribution is 7.98. The molecule has 1 unspecified atom stereocenters. The highest BCUT2D eigenvalue weighted by atomic mass is 35.5. The molecule has 132 valence electrons. The smallest absolute Gasteiger partial charge is 0.255 e. The monoisotopic (exact) mass is 375 g/mol. The number of thioether (sulfide) groups is 1. The number of rotatable bonds is 4. The third-order valence-electron chi connectivity index (χ3n) is 4.82. The number of benzene rings is 2. The van der Waals surface area contributed by atoms with Gasteiger partial charge in [0, 0.05) is 18.0 Å². The van der Waals surface area contributed by atoms with Gasteiger partial charge in [-0.15, -0.1) is 11.8 Å². The summed E-state index contributed by atoms with van der Waals surface area (Å²) < 4.78 is 0. The molecular formula is C20H22ClNO2S. The molecule has 2 aromatic carbocycles. The van der Waals surface area contributed by atoms with Crippen LogP contribution in [0.15, 0.2) is 53.4 Å². The molecule has 1 atom stereocenters. The standard InChI is InChI=1S/C20H22ClNO2S/c1-25-16-7-8-18(21)17(13-16)20(24)22-11-9-15(10-12-22)19(23)14-5-3-2-4-6-14/h2-8,13,15,19,23H,9-12H2,1H3. The number of amides is 1. The van der Waals surface area contributed by atoms with Crippen LogP contribution in [-0.4, -0.2) is 35.3 Å². The van der Waals surface area contributed by atoms with E-state index in [2.05, 4.69) is 0 Å². The molecule has 0 saturated carbocycles. The molecule has 0 radical (unpaired) electrons. The van der Waals surface area contributed by atoms with Gasteiger partial charge in [0.25, 0.3) is 5.91 Å². The summed E-state index contributed by atoms with van der Waals surface area (Å²) in [6.07, 6.45) is 3.10. The van der Waals surface area contributed by atoms with Crippen LogP contribution in [0.5, 0.6) is 0 Å². The topological polar surface area (TPSA) is 40.5 Å². The number of carbonyl (C=O) groups is 1. The first-order chi connectivity index (χ1) is 12.1. The Balaban J connectivity index is 1.65. The van der Waals surface area contributed by atoms with Gasteiger partial charge in [0.05, 0.1) is 16.7 Å². The number of aliphatic hydroxyl groups is 1. The van der Waals surface area contributed by atoms with E-state index in [0.717, 1.165) is 23.3 Å². The molecule has 1 aliphatic rings. The van der Waals surface area contributed by atoms with Gasteiger partial charge >= 0.3 is 0 Å². The van der Waals surface area contributed by atoms with E-state index in [1.807, 2.05) is 53.6 Å². The summed E-state index contributed by atoms with van der Waals surface area (Å²) in [5, 5.41) is 11.1. The van der Waals surface area contributed by atoms with Crippen LogP contribution >= 0.6 is 23.4 Å². The molecule has 3 nitrogen and oxygen atoms in total. The number of aliphatic hydroxyl groups excluding tert-OH is 1. The maximum absolute atomic E-state index is 12.8. The molecule has 1 heterocycles. The van der Waals surface area contributed by atoms with Crippen molar-refractivity contribution in [2.45, 2.75) is 23.8 Å². The molecule has 2 aromatic rings. The Kier molecular flexibility index (Phi) is 6.05. The van der Waals surface area contributed by atoms with E-state index in [4.69, 9.17) is 11.6 Å². The van der Waals surface area contributed by atoms with Gasteiger partial charge in [-0.3, -0.25) is 4.79 Å². The second kappa shape index (κ2) is 8.26. The SMILES string of the molecule is CSc1ccc(Cl)c(C(=O)N2CCC(C(O)c3ccccc3)CC2)c1. The molecule has 0 aromatic heterocycles. The van der Waals surface area contributed by atoms with Gasteiger partial charge in [-0.2, -0.15) is 0 Å². The third-order valence-corrected chi connectivity index (χ3v) is 5.87. The molecule has 1 amide bonds. The average molecular weight is 376 g/mol. The van der Waals surface area contributed by atoms with Crippen LogP contribution in [0, 0.1) is 5.92 Å². The van der Waals surface area contributed by atoms with Crippen molar-refractivity contribution < 1.29 is 9.90 Å². The van der Waals surface area contributed by atoms with Crippen LogP contribution in [0.25, 0.3) is 0 Å². The van der Waals surface area contributed by atoms with E-state index in [1.54, 1.807) is 17.8 Å². The van der Waals surface area contributed by atoms with Crippen LogP contribution in [0.4, 0.5) is 0 Å². The molecule has 25 heavy (non-hydrogen) atoms. The Labute approximate surface area is 158 Å². The summed E-state index contributed by atoms with van der Waals surface area (Å²) in [5.41, 5.74) is 1.51. The zero-order chi connectivity index (χ0) is 17.8. The maximum atomic E-state index is 12.8. The molecule has 1 saturated heterocycles. The summed E-state index contributed by atoms with van der Waals surface area (Å²) in [6.45, 7) is 1.29. The molecule has 1 aliphatic heterocycles. The molecular weight excluding hydrogens is 354 g/mol. The van der Waals surface area contributed by atoms with Crippen LogP contribution < -0.4 is 0 Å². The average Bonchev–Trinajstić information content (AvgIpc) is 2.68. The number of hydrogen-bond acceptors (Lipinski definition) is 3. The lowest BCUT2D eigenvalue weighted by Gasteiger charge is -2.34. The molecule has 3 rings (SSSR count). The largest absolute Gasteiger partial charge is 0.388 e. The lowest BCUT2D eigenvalue weighted by molar-refractivity contribution is 0.0462. The van der Waals surface area contributed by atoms with Gasteiger partial charge in [0.1, 0.15) is 0 Å². The first-order valence-electron chi connectivity index (χ1n) is 8.46. The summed E-state index contributed by atoms with van der Waals surface area (Å²) in [4.78, 5) is 15.7. The van der Waals surface area contributed by atoms with E-state index in [0.29, 0.717) is 23.7 Å². The predicted octanol–water partition coefficient (Wildman–Crippen LogP) is 4.65. The van der Waals surface area contributed by atoms with E-state index in [9.17, 15) is 9.90 Å². The predicted molar refractivity (Wildman–Crippen MR) is 103 cm³/mol. The Morgan fingerprint density at radius 3 is 2.52 bits per heavy atom. The Morgan fingerprint density at radius 2 is 1.88 bits per heavy atom. The Hall–Kier alpha value is -1.49. The van der Waals surface area contributed by atoms with Gasteiger partial charge in [0.2, 0.25) is 0 Å². The van der Waals surface area contributed by atoms with E-state index in [-0.39, 0.29) is 11.8 Å². The van der Waals surface area contributed by atoms with Crippen LogP contribution in [0.3, 0.4) is 0 Å². The summed E-state index contributed by atoms with van der Waals surface area (Å²) in [7, 11) is 0. The van der Waals surface area contributed by atoms with Crippen molar-refractivity contribution in [3.63, 3.8) is 0 Å². The summed E-state index contributed by atoms with van der Waals surface area (Å²) >= 11 is 7.82. The third kappa shape index (κ3) is 4.20. The number of nitrogens with zero attached hydrogens (tertiary/aromatic N) is 1. The Morgan fingerprint density at radius 1 is 1.20 bits per heavy atom. The van der Waals surface area contributed by atoms with Crippen molar-refractivity contribution in [2.24, 2.45) is 5.92 Å². The minimum atomic E-state index is -0.471. The number of hydrogen-bond donors (Lipinski definition) is 1. The summed E-state index contributed by atoms with van der Waals surface area (Å²) in [5.74, 6) is 0.160. The first-order valence-corrected chi connectivity index (χ1v) is 10.1. The fourth-order valence-corrected chi connectivity index (χ4v) is 3.94. The molecule has 0 bridgehead atoms.